The number of nitrogens with one attached hydrogen (secondary N) is 3. The smallest absolute Gasteiger partial charge is 0.321 e. The molecule has 1 saturated carbocycles. The molecule has 3 N–H and O–H groups in total. The lowest BCUT2D eigenvalue weighted by molar-refractivity contribution is 0.441. The first-order chi connectivity index (χ1) is 18.1. The van der Waals surface area contributed by atoms with Gasteiger partial charge >= 0.3 is 6.01 Å². The van der Waals surface area contributed by atoms with Crippen molar-refractivity contribution in [2.45, 2.75) is 38.1 Å². The van der Waals surface area contributed by atoms with Crippen molar-refractivity contribution in [1.29, 1.82) is 0 Å². The second kappa shape index (κ2) is 9.74. The molecule has 1 aliphatic carbocycles. The van der Waals surface area contributed by atoms with Crippen LogP contribution in [-0.2, 0) is 7.05 Å². The van der Waals surface area contributed by atoms with Crippen molar-refractivity contribution < 1.29 is 4.74 Å². The van der Waals surface area contributed by atoms with Gasteiger partial charge in [-0.15, -0.1) is 0 Å². The maximum atomic E-state index is 5.84. The van der Waals surface area contributed by atoms with E-state index in [2.05, 4.69) is 54.4 Å². The van der Waals surface area contributed by atoms with E-state index in [-0.39, 0.29) is 12.1 Å². The highest BCUT2D eigenvalue weighted by atomic mass is 35.5. The topological polar surface area (TPSA) is 106 Å². The van der Waals surface area contributed by atoms with Gasteiger partial charge < -0.3 is 19.9 Å². The second-order valence-electron chi connectivity index (χ2n) is 9.27. The fourth-order valence-corrected chi connectivity index (χ4v) is 4.45. The molecule has 3 aromatic heterocycles. The first-order valence-corrected chi connectivity index (χ1v) is 12.7. The van der Waals surface area contributed by atoms with Crippen LogP contribution in [0.2, 0.25) is 5.02 Å². The van der Waals surface area contributed by atoms with Crippen LogP contribution in [-0.4, -0.2) is 29.7 Å². The number of nitrogens with zero attached hydrogens (tertiary/aromatic N) is 5. The zero-order valence-corrected chi connectivity index (χ0v) is 21.3. The molecule has 1 fully saturated rings. The second-order valence-corrected chi connectivity index (χ2v) is 9.70. The summed E-state index contributed by atoms with van der Waals surface area (Å²) in [5.74, 6) is 2.95. The number of fused-ring (bicyclic) bond motifs is 1. The predicted octanol–water partition coefficient (Wildman–Crippen LogP) is 6.72. The number of ether oxygens (including phenoxy) is 1. The summed E-state index contributed by atoms with van der Waals surface area (Å²) >= 11 is 5.84. The van der Waals surface area contributed by atoms with Gasteiger partial charge in [-0.2, -0.15) is 5.10 Å². The standard InChI is InChI=1S/C27H27ClN8O/c1-3-21(16-6-9-20(10-7-16)37-27-29-14-18(28)15-30-27)32-26-33-22-11-8-19(12-24(22)36(26)2)31-25-13-23(34-35-25)17-4-5-17/h6-15,17,21H,3-5H2,1-2H3,(H,32,33)(H2,31,34,35). The number of hydrogen-bond donors (Lipinski definition) is 3. The third kappa shape index (κ3) is 5.08. The summed E-state index contributed by atoms with van der Waals surface area (Å²) in [6.45, 7) is 2.15. The summed E-state index contributed by atoms with van der Waals surface area (Å²) in [4.78, 5) is 13.0. The lowest BCUT2D eigenvalue weighted by Gasteiger charge is -2.18. The van der Waals surface area contributed by atoms with Crippen LogP contribution >= 0.6 is 11.6 Å². The van der Waals surface area contributed by atoms with Crippen LogP contribution in [0.25, 0.3) is 11.0 Å². The number of benzene rings is 2. The molecule has 0 amide bonds. The van der Waals surface area contributed by atoms with Crippen LogP contribution in [0.5, 0.6) is 11.8 Å². The fourth-order valence-electron chi connectivity index (χ4n) is 4.35. The first kappa shape index (κ1) is 23.3. The van der Waals surface area contributed by atoms with Gasteiger partial charge in [-0.3, -0.25) is 5.10 Å². The monoisotopic (exact) mass is 514 g/mol. The molecule has 1 atom stereocenters. The molecule has 10 heteroatoms. The average Bonchev–Trinajstić information content (AvgIpc) is 3.59. The number of anilines is 3. The Morgan fingerprint density at radius 1 is 1.11 bits per heavy atom. The summed E-state index contributed by atoms with van der Waals surface area (Å²) in [6, 6.07) is 16.5. The lowest BCUT2D eigenvalue weighted by atomic mass is 10.0. The molecule has 0 aliphatic heterocycles. The van der Waals surface area contributed by atoms with Crippen LogP contribution in [0.15, 0.2) is 60.9 Å². The van der Waals surface area contributed by atoms with Crippen LogP contribution < -0.4 is 15.4 Å². The van der Waals surface area contributed by atoms with E-state index in [0.717, 1.165) is 40.5 Å². The van der Waals surface area contributed by atoms with Crippen molar-refractivity contribution in [2.24, 2.45) is 7.05 Å². The van der Waals surface area contributed by atoms with Gasteiger partial charge in [-0.25, -0.2) is 15.0 Å². The molecule has 0 spiro atoms. The Balaban J connectivity index is 1.16. The number of aromatic nitrogens is 6. The third-order valence-electron chi connectivity index (χ3n) is 6.57. The van der Waals surface area contributed by atoms with Crippen LogP contribution in [0.3, 0.4) is 0 Å². The molecule has 0 radical (unpaired) electrons. The Morgan fingerprint density at radius 2 is 1.89 bits per heavy atom. The highest BCUT2D eigenvalue weighted by Crippen LogP contribution is 2.39. The molecule has 1 aliphatic rings. The molecular weight excluding hydrogens is 488 g/mol. The molecule has 6 rings (SSSR count). The van der Waals surface area contributed by atoms with Gasteiger partial charge in [0.15, 0.2) is 5.82 Å². The van der Waals surface area contributed by atoms with Crippen LogP contribution in [0, 0.1) is 0 Å². The molecule has 3 heterocycles. The predicted molar refractivity (Wildman–Crippen MR) is 145 cm³/mol. The molecule has 1 unspecified atom stereocenters. The van der Waals surface area contributed by atoms with Crippen LogP contribution in [0.4, 0.5) is 17.5 Å². The molecule has 188 valence electrons. The van der Waals surface area contributed by atoms with E-state index in [1.807, 2.05) is 43.4 Å². The Bertz CT molecular complexity index is 1520. The summed E-state index contributed by atoms with van der Waals surface area (Å²) in [5, 5.41) is 15.0. The summed E-state index contributed by atoms with van der Waals surface area (Å²) in [5.41, 5.74) is 5.28. The molecule has 9 nitrogen and oxygen atoms in total. The van der Waals surface area contributed by atoms with Crippen molar-refractivity contribution in [1.82, 2.24) is 29.7 Å². The summed E-state index contributed by atoms with van der Waals surface area (Å²) in [7, 11) is 2.02. The highest BCUT2D eigenvalue weighted by Gasteiger charge is 2.25. The van der Waals surface area contributed by atoms with Gasteiger partial charge in [0.05, 0.1) is 34.5 Å². The molecular formula is C27H27ClN8O. The number of imidazole rings is 1. The van der Waals surface area contributed by atoms with Crippen molar-refractivity contribution in [3.63, 3.8) is 0 Å². The minimum absolute atomic E-state index is 0.0823. The number of hydrogen-bond acceptors (Lipinski definition) is 7. The van der Waals surface area contributed by atoms with Gasteiger partial charge in [0.2, 0.25) is 5.95 Å². The molecule has 37 heavy (non-hydrogen) atoms. The van der Waals surface area contributed by atoms with E-state index in [9.17, 15) is 0 Å². The minimum atomic E-state index is 0.0823. The van der Waals surface area contributed by atoms with E-state index >= 15 is 0 Å². The van der Waals surface area contributed by atoms with Gasteiger partial charge in [-0.1, -0.05) is 30.7 Å². The fraction of sp³-hybridized carbons (Fsp3) is 0.259. The Morgan fingerprint density at radius 3 is 2.62 bits per heavy atom. The first-order valence-electron chi connectivity index (χ1n) is 12.4. The summed E-state index contributed by atoms with van der Waals surface area (Å²) in [6.07, 6.45) is 6.39. The van der Waals surface area contributed by atoms with E-state index in [4.69, 9.17) is 21.3 Å². The zero-order chi connectivity index (χ0) is 25.4. The van der Waals surface area contributed by atoms with Gasteiger partial charge in [0.1, 0.15) is 5.75 Å². The zero-order valence-electron chi connectivity index (χ0n) is 20.6. The highest BCUT2D eigenvalue weighted by molar-refractivity contribution is 6.30. The van der Waals surface area contributed by atoms with Crippen molar-refractivity contribution in [3.8, 4) is 11.8 Å². The molecule has 0 saturated heterocycles. The number of rotatable bonds is 9. The molecule has 0 bridgehead atoms. The minimum Gasteiger partial charge on any atom is -0.424 e. The Hall–Kier alpha value is -4.11. The lowest BCUT2D eigenvalue weighted by Crippen LogP contribution is -2.12. The summed E-state index contributed by atoms with van der Waals surface area (Å²) < 4.78 is 7.80. The quantitative estimate of drug-likeness (QED) is 0.200. The Labute approximate surface area is 219 Å². The maximum Gasteiger partial charge on any atom is 0.321 e. The van der Waals surface area contributed by atoms with E-state index in [0.29, 0.717) is 16.7 Å². The Kier molecular flexibility index (Phi) is 6.13. The van der Waals surface area contributed by atoms with Crippen molar-refractivity contribution in [3.05, 3.63) is 77.2 Å². The normalized spacial score (nSPS) is 14.0. The van der Waals surface area contributed by atoms with Gasteiger partial charge in [-0.05, 0) is 55.2 Å². The largest absolute Gasteiger partial charge is 0.424 e. The SMILES string of the molecule is CCC(Nc1nc2ccc(Nc3cc(C4CC4)[nH]n3)cc2n1C)c1ccc(Oc2ncc(Cl)cn2)cc1. The third-order valence-corrected chi connectivity index (χ3v) is 6.76. The number of halogens is 1. The van der Waals surface area contributed by atoms with Gasteiger partial charge in [0, 0.05) is 30.4 Å². The van der Waals surface area contributed by atoms with Crippen LogP contribution in [0.1, 0.15) is 49.4 Å². The van der Waals surface area contributed by atoms with Crippen molar-refractivity contribution >= 4 is 40.1 Å². The van der Waals surface area contributed by atoms with E-state index < -0.39 is 0 Å². The molecule has 5 aromatic rings. The molecule has 2 aromatic carbocycles. The van der Waals surface area contributed by atoms with Gasteiger partial charge in [0.25, 0.3) is 0 Å². The maximum absolute atomic E-state index is 5.84. The number of aromatic amines is 1. The van der Waals surface area contributed by atoms with E-state index in [1.54, 1.807) is 0 Å². The number of H-pyrrole nitrogens is 1. The number of aryl methyl sites for hydroxylation is 1. The average molecular weight is 515 g/mol. The van der Waals surface area contributed by atoms with Crippen molar-refractivity contribution in [2.75, 3.05) is 10.6 Å². The van der Waals surface area contributed by atoms with E-state index in [1.165, 1.54) is 30.9 Å².